The van der Waals surface area contributed by atoms with Gasteiger partial charge in [0.1, 0.15) is 17.1 Å². The van der Waals surface area contributed by atoms with Crippen molar-refractivity contribution in [2.45, 2.75) is 20.4 Å². The van der Waals surface area contributed by atoms with E-state index in [9.17, 15) is 4.79 Å². The van der Waals surface area contributed by atoms with Crippen molar-refractivity contribution in [1.82, 2.24) is 5.32 Å². The topological polar surface area (TPSA) is 60.7 Å². The van der Waals surface area contributed by atoms with Gasteiger partial charge in [0.2, 0.25) is 5.91 Å². The van der Waals surface area contributed by atoms with Crippen LogP contribution >= 0.6 is 0 Å². The molecule has 1 heterocycles. The summed E-state index contributed by atoms with van der Waals surface area (Å²) >= 11 is 0. The number of nitrogens with one attached hydrogen (secondary N) is 1. The van der Waals surface area contributed by atoms with Crippen LogP contribution in [0.2, 0.25) is 0 Å². The molecule has 5 rings (SSSR count). The van der Waals surface area contributed by atoms with E-state index in [1.54, 1.807) is 20.3 Å². The zero-order valence-corrected chi connectivity index (χ0v) is 21.4. The lowest BCUT2D eigenvalue weighted by Gasteiger charge is -2.14. The number of carbonyl (C=O) groups excluding carboxylic acids is 1. The van der Waals surface area contributed by atoms with Crippen LogP contribution in [0.25, 0.3) is 38.4 Å². The van der Waals surface area contributed by atoms with Crippen molar-refractivity contribution in [3.63, 3.8) is 0 Å². The Morgan fingerprint density at radius 3 is 2.49 bits per heavy atom. The van der Waals surface area contributed by atoms with Crippen LogP contribution in [0.4, 0.5) is 0 Å². The largest absolute Gasteiger partial charge is 0.496 e. The number of aryl methyl sites for hydroxylation is 1. The van der Waals surface area contributed by atoms with E-state index >= 15 is 0 Å². The number of hydrogen-bond donors (Lipinski definition) is 1. The molecule has 5 heteroatoms. The number of rotatable bonds is 7. The van der Waals surface area contributed by atoms with E-state index in [-0.39, 0.29) is 5.91 Å². The molecule has 0 aliphatic heterocycles. The average molecular weight is 492 g/mol. The van der Waals surface area contributed by atoms with E-state index in [4.69, 9.17) is 13.9 Å². The maximum absolute atomic E-state index is 12.8. The van der Waals surface area contributed by atoms with Crippen molar-refractivity contribution < 1.29 is 18.7 Å². The second-order valence-electron chi connectivity index (χ2n) is 8.99. The Labute approximate surface area is 216 Å². The highest BCUT2D eigenvalue weighted by atomic mass is 16.5. The number of ether oxygens (including phenoxy) is 2. The number of amides is 1. The van der Waals surface area contributed by atoms with Crippen molar-refractivity contribution in [2.24, 2.45) is 0 Å². The van der Waals surface area contributed by atoms with Gasteiger partial charge in [-0.2, -0.15) is 0 Å². The Kier molecular flexibility index (Phi) is 6.69. The lowest BCUT2D eigenvalue weighted by molar-refractivity contribution is -0.116. The number of hydrogen-bond acceptors (Lipinski definition) is 4. The lowest BCUT2D eigenvalue weighted by Crippen LogP contribution is -2.21. The van der Waals surface area contributed by atoms with Crippen LogP contribution in [0.5, 0.6) is 11.5 Å². The maximum atomic E-state index is 12.8. The Hall–Kier alpha value is -4.51. The highest BCUT2D eigenvalue weighted by molar-refractivity contribution is 6.07. The van der Waals surface area contributed by atoms with Crippen LogP contribution in [0.3, 0.4) is 0 Å². The molecule has 37 heavy (non-hydrogen) atoms. The van der Waals surface area contributed by atoms with E-state index in [0.717, 1.165) is 55.5 Å². The minimum atomic E-state index is -0.190. The summed E-state index contributed by atoms with van der Waals surface area (Å²) in [5.74, 6) is 1.24. The minimum Gasteiger partial charge on any atom is -0.496 e. The molecule has 5 nitrogen and oxygen atoms in total. The van der Waals surface area contributed by atoms with Crippen molar-refractivity contribution in [2.75, 3.05) is 14.2 Å². The number of benzene rings is 4. The number of carbonyl (C=O) groups is 1. The normalized spacial score (nSPS) is 11.6. The molecule has 0 saturated carbocycles. The fraction of sp³-hybridized carbons (Fsp3) is 0.156. The smallest absolute Gasteiger partial charge is 0.244 e. The molecule has 0 radical (unpaired) electrons. The van der Waals surface area contributed by atoms with Crippen LogP contribution in [-0.4, -0.2) is 20.1 Å². The van der Waals surface area contributed by atoms with Crippen molar-refractivity contribution in [1.29, 1.82) is 0 Å². The summed E-state index contributed by atoms with van der Waals surface area (Å²) in [5.41, 5.74) is 6.33. The van der Waals surface area contributed by atoms with Crippen LogP contribution in [0, 0.1) is 6.92 Å². The second-order valence-corrected chi connectivity index (χ2v) is 8.99. The quantitative estimate of drug-likeness (QED) is 0.243. The summed E-state index contributed by atoms with van der Waals surface area (Å²) in [5, 5.41) is 6.27. The first kappa shape index (κ1) is 24.2. The van der Waals surface area contributed by atoms with E-state index in [2.05, 4.69) is 41.7 Å². The Morgan fingerprint density at radius 2 is 1.68 bits per heavy atom. The van der Waals surface area contributed by atoms with Gasteiger partial charge >= 0.3 is 0 Å². The standard InChI is InChI=1S/C32H29NO4/c1-20(16-30(34)33-18-23-11-6-8-15-29(23)35-3)26-17-27-28(19-37-32(27)21(2)31(26)36-4)25-14-9-12-22-10-5-7-13-24(22)25/h5-17,19H,18H2,1-4H3,(H,33,34)/b20-16+. The van der Waals surface area contributed by atoms with E-state index in [1.165, 1.54) is 5.39 Å². The first-order valence-corrected chi connectivity index (χ1v) is 12.2. The molecule has 1 aromatic heterocycles. The molecule has 0 unspecified atom stereocenters. The molecule has 0 spiro atoms. The predicted octanol–water partition coefficient (Wildman–Crippen LogP) is 7.30. The number of allylic oxidation sites excluding steroid dienone is 1. The Balaban J connectivity index is 1.53. The number of furan rings is 1. The molecule has 0 aliphatic carbocycles. The first-order valence-electron chi connectivity index (χ1n) is 12.2. The molecule has 4 aromatic carbocycles. The highest BCUT2D eigenvalue weighted by Gasteiger charge is 2.19. The monoisotopic (exact) mass is 491 g/mol. The Bertz CT molecular complexity index is 1640. The van der Waals surface area contributed by atoms with Crippen LogP contribution in [-0.2, 0) is 11.3 Å². The van der Waals surface area contributed by atoms with Gasteiger partial charge in [0.25, 0.3) is 0 Å². The third-order valence-electron chi connectivity index (χ3n) is 6.75. The summed E-state index contributed by atoms with van der Waals surface area (Å²) in [4.78, 5) is 12.8. The second kappa shape index (κ2) is 10.2. The van der Waals surface area contributed by atoms with Gasteiger partial charge in [0, 0.05) is 40.3 Å². The van der Waals surface area contributed by atoms with Gasteiger partial charge in [-0.05, 0) is 47.9 Å². The van der Waals surface area contributed by atoms with Gasteiger partial charge in [-0.1, -0.05) is 60.7 Å². The molecule has 186 valence electrons. The summed E-state index contributed by atoms with van der Waals surface area (Å²) in [6.45, 7) is 4.27. The molecular formula is C32H29NO4. The average Bonchev–Trinajstić information content (AvgIpc) is 3.35. The fourth-order valence-electron chi connectivity index (χ4n) is 4.90. The van der Waals surface area contributed by atoms with E-state index in [0.29, 0.717) is 12.3 Å². The first-order chi connectivity index (χ1) is 18.0. The van der Waals surface area contributed by atoms with Gasteiger partial charge in [-0.3, -0.25) is 4.79 Å². The van der Waals surface area contributed by atoms with Gasteiger partial charge in [-0.25, -0.2) is 0 Å². The molecular weight excluding hydrogens is 462 g/mol. The van der Waals surface area contributed by atoms with Crippen molar-refractivity contribution in [3.8, 4) is 22.6 Å². The number of methoxy groups -OCH3 is 2. The van der Waals surface area contributed by atoms with Gasteiger partial charge in [0.05, 0.1) is 20.5 Å². The molecule has 1 amide bonds. The maximum Gasteiger partial charge on any atom is 0.244 e. The van der Waals surface area contributed by atoms with Gasteiger partial charge in [-0.15, -0.1) is 0 Å². The van der Waals surface area contributed by atoms with Crippen LogP contribution < -0.4 is 14.8 Å². The summed E-state index contributed by atoms with van der Waals surface area (Å²) in [6, 6.07) is 24.3. The summed E-state index contributed by atoms with van der Waals surface area (Å²) in [7, 11) is 3.26. The SMILES string of the molecule is COc1ccccc1CNC(=O)/C=C(\C)c1cc2c(-c3cccc4ccccc34)coc2c(C)c1OC. The highest BCUT2D eigenvalue weighted by Crippen LogP contribution is 2.42. The minimum absolute atomic E-state index is 0.190. The van der Waals surface area contributed by atoms with Gasteiger partial charge in [0.15, 0.2) is 0 Å². The fourth-order valence-corrected chi connectivity index (χ4v) is 4.90. The third kappa shape index (κ3) is 4.56. The van der Waals surface area contributed by atoms with Crippen molar-refractivity contribution >= 4 is 33.2 Å². The number of fused-ring (bicyclic) bond motifs is 2. The molecule has 0 saturated heterocycles. The van der Waals surface area contributed by atoms with Gasteiger partial charge < -0.3 is 19.2 Å². The molecule has 0 aliphatic rings. The number of para-hydroxylation sites is 1. The van der Waals surface area contributed by atoms with Crippen molar-refractivity contribution in [3.05, 3.63) is 102 Å². The molecule has 1 N–H and O–H groups in total. The summed E-state index contributed by atoms with van der Waals surface area (Å²) in [6.07, 6.45) is 3.41. The molecule has 5 aromatic rings. The molecule has 0 fully saturated rings. The van der Waals surface area contributed by atoms with E-state index in [1.807, 2.05) is 56.5 Å². The zero-order chi connectivity index (χ0) is 25.9. The van der Waals surface area contributed by atoms with E-state index < -0.39 is 0 Å². The van der Waals surface area contributed by atoms with Crippen LogP contribution in [0.1, 0.15) is 23.6 Å². The lowest BCUT2D eigenvalue weighted by atomic mass is 9.94. The predicted molar refractivity (Wildman–Crippen MR) is 149 cm³/mol. The van der Waals surface area contributed by atoms with Crippen LogP contribution in [0.15, 0.2) is 89.6 Å². The third-order valence-corrected chi connectivity index (χ3v) is 6.75. The molecule has 0 bridgehead atoms. The molecule has 0 atom stereocenters. The zero-order valence-electron chi connectivity index (χ0n) is 21.4. The Morgan fingerprint density at radius 1 is 0.919 bits per heavy atom. The summed E-state index contributed by atoms with van der Waals surface area (Å²) < 4.78 is 17.2.